The van der Waals surface area contributed by atoms with Crippen LogP contribution in [0.4, 0.5) is 5.69 Å². The predicted molar refractivity (Wildman–Crippen MR) is 126 cm³/mol. The van der Waals surface area contributed by atoms with E-state index in [1.807, 2.05) is 24.3 Å². The van der Waals surface area contributed by atoms with E-state index in [4.69, 9.17) is 0 Å². The number of amides is 2. The number of likely N-dealkylation sites (N-methyl/N-ethyl adjacent to an activating group) is 1. The van der Waals surface area contributed by atoms with Crippen LogP contribution in [0.1, 0.15) is 16.8 Å². The molecule has 172 valence electrons. The van der Waals surface area contributed by atoms with Crippen molar-refractivity contribution in [3.8, 4) is 0 Å². The summed E-state index contributed by atoms with van der Waals surface area (Å²) in [5, 5.41) is 11.6. The van der Waals surface area contributed by atoms with E-state index in [9.17, 15) is 23.1 Å². The quantitative estimate of drug-likeness (QED) is 0.553. The van der Waals surface area contributed by atoms with Gasteiger partial charge in [-0.1, -0.05) is 42.5 Å². The van der Waals surface area contributed by atoms with Gasteiger partial charge in [-0.15, -0.1) is 0 Å². The second-order valence-corrected chi connectivity index (χ2v) is 9.74. The summed E-state index contributed by atoms with van der Waals surface area (Å²) in [4.78, 5) is 28.3. The molecule has 3 aromatic carbocycles. The van der Waals surface area contributed by atoms with Crippen LogP contribution in [0.3, 0.4) is 0 Å². The number of nitrogens with one attached hydrogen (secondary N) is 1. The number of carbonyl (C=O) groups is 2. The van der Waals surface area contributed by atoms with Crippen molar-refractivity contribution < 1.29 is 23.1 Å². The Morgan fingerprint density at radius 1 is 1.00 bits per heavy atom. The number of nitrogens with zero attached hydrogens (tertiary/aromatic N) is 2. The first-order valence-electron chi connectivity index (χ1n) is 10.6. The largest absolute Gasteiger partial charge is 0.395 e. The Labute approximate surface area is 192 Å². The zero-order valence-corrected chi connectivity index (χ0v) is 19.0. The Morgan fingerprint density at radius 2 is 1.70 bits per heavy atom. The smallest absolute Gasteiger partial charge is 0.256 e. The molecule has 3 aromatic rings. The summed E-state index contributed by atoms with van der Waals surface area (Å²) in [5.41, 5.74) is 0.883. The molecule has 0 radical (unpaired) electrons. The molecule has 1 heterocycles. The van der Waals surface area contributed by atoms with Crippen molar-refractivity contribution in [2.45, 2.75) is 17.4 Å². The summed E-state index contributed by atoms with van der Waals surface area (Å²) >= 11 is 0. The van der Waals surface area contributed by atoms with Gasteiger partial charge < -0.3 is 14.9 Å². The lowest BCUT2D eigenvalue weighted by molar-refractivity contribution is -0.119. The lowest BCUT2D eigenvalue weighted by Crippen LogP contribution is -2.43. The van der Waals surface area contributed by atoms with Crippen molar-refractivity contribution in [1.29, 1.82) is 0 Å². The Morgan fingerprint density at radius 3 is 2.45 bits per heavy atom. The summed E-state index contributed by atoms with van der Waals surface area (Å²) in [5.74, 6) is -0.526. The summed E-state index contributed by atoms with van der Waals surface area (Å²) in [6.07, 6.45) is 0.168. The van der Waals surface area contributed by atoms with Gasteiger partial charge in [0.15, 0.2) is 0 Å². The summed E-state index contributed by atoms with van der Waals surface area (Å²) in [6.45, 7) is -0.377. The molecule has 2 amide bonds. The first-order chi connectivity index (χ1) is 15.8. The number of anilines is 1. The SMILES string of the molecule is CN1CC(=O)N(CC[C@H](CO)NS(=O)(=O)c2ccc3ccccc3c2)c2ccccc2C1=O. The van der Waals surface area contributed by atoms with E-state index < -0.39 is 22.7 Å². The number of rotatable bonds is 7. The molecule has 0 aromatic heterocycles. The van der Waals surface area contributed by atoms with Crippen LogP contribution in [0.15, 0.2) is 71.6 Å². The minimum absolute atomic E-state index is 0.0832. The van der Waals surface area contributed by atoms with E-state index in [1.165, 1.54) is 15.9 Å². The molecule has 0 spiro atoms. The van der Waals surface area contributed by atoms with Crippen LogP contribution in [0, 0.1) is 0 Å². The molecule has 0 fully saturated rings. The Bertz CT molecular complexity index is 1310. The number of aliphatic hydroxyl groups excluding tert-OH is 1. The van der Waals surface area contributed by atoms with Gasteiger partial charge in [-0.2, -0.15) is 0 Å². The fourth-order valence-electron chi connectivity index (χ4n) is 3.93. The van der Waals surface area contributed by atoms with Crippen LogP contribution in [-0.2, 0) is 14.8 Å². The molecule has 4 rings (SSSR count). The molecule has 2 N–H and O–H groups in total. The second-order valence-electron chi connectivity index (χ2n) is 8.02. The van der Waals surface area contributed by atoms with Crippen LogP contribution >= 0.6 is 0 Å². The second kappa shape index (κ2) is 9.30. The number of aliphatic hydroxyl groups is 1. The van der Waals surface area contributed by atoms with Gasteiger partial charge in [0.05, 0.1) is 22.8 Å². The maximum atomic E-state index is 12.9. The third kappa shape index (κ3) is 4.75. The number of carbonyl (C=O) groups excluding carboxylic acids is 2. The van der Waals surface area contributed by atoms with Crippen molar-refractivity contribution in [2.24, 2.45) is 0 Å². The highest BCUT2D eigenvalue weighted by atomic mass is 32.2. The number of hydrogen-bond acceptors (Lipinski definition) is 5. The first kappa shape index (κ1) is 22.9. The van der Waals surface area contributed by atoms with E-state index in [1.54, 1.807) is 43.4 Å². The highest BCUT2D eigenvalue weighted by Crippen LogP contribution is 2.26. The molecule has 8 nitrogen and oxygen atoms in total. The number of fused-ring (bicyclic) bond motifs is 2. The normalized spacial score (nSPS) is 15.5. The molecule has 33 heavy (non-hydrogen) atoms. The average Bonchev–Trinajstić information content (AvgIpc) is 2.90. The van der Waals surface area contributed by atoms with Crippen molar-refractivity contribution in [3.63, 3.8) is 0 Å². The minimum Gasteiger partial charge on any atom is -0.395 e. The van der Waals surface area contributed by atoms with E-state index in [0.29, 0.717) is 11.3 Å². The van der Waals surface area contributed by atoms with Crippen LogP contribution in [0.5, 0.6) is 0 Å². The van der Waals surface area contributed by atoms with Gasteiger partial charge in [-0.25, -0.2) is 13.1 Å². The minimum atomic E-state index is -3.89. The first-order valence-corrected chi connectivity index (χ1v) is 12.1. The van der Waals surface area contributed by atoms with Crippen LogP contribution in [0.2, 0.25) is 0 Å². The zero-order chi connectivity index (χ0) is 23.6. The van der Waals surface area contributed by atoms with E-state index in [0.717, 1.165) is 10.8 Å². The number of hydrogen-bond donors (Lipinski definition) is 2. The van der Waals surface area contributed by atoms with Gasteiger partial charge in [-0.05, 0) is 41.5 Å². The van der Waals surface area contributed by atoms with Crippen molar-refractivity contribution in [3.05, 3.63) is 72.3 Å². The van der Waals surface area contributed by atoms with Crippen LogP contribution < -0.4 is 9.62 Å². The van der Waals surface area contributed by atoms with E-state index >= 15 is 0 Å². The van der Waals surface area contributed by atoms with Crippen molar-refractivity contribution in [1.82, 2.24) is 9.62 Å². The lowest BCUT2D eigenvalue weighted by Gasteiger charge is -2.25. The highest BCUT2D eigenvalue weighted by Gasteiger charge is 2.30. The van der Waals surface area contributed by atoms with Gasteiger partial charge in [0, 0.05) is 19.6 Å². The van der Waals surface area contributed by atoms with Gasteiger partial charge >= 0.3 is 0 Å². The van der Waals surface area contributed by atoms with Gasteiger partial charge in [0.1, 0.15) is 6.54 Å². The molecule has 0 aliphatic carbocycles. The standard InChI is InChI=1S/C24H25N3O5S/c1-26-15-23(29)27(22-9-5-4-8-21(22)24(26)30)13-12-19(16-28)25-33(31,32)20-11-10-17-6-2-3-7-18(17)14-20/h2-11,14,19,25,28H,12-13,15-16H2,1H3/t19-/m1/s1. The zero-order valence-electron chi connectivity index (χ0n) is 18.1. The molecule has 1 aliphatic heterocycles. The summed E-state index contributed by atoms with van der Waals surface area (Å²) in [6, 6.07) is 18.3. The summed E-state index contributed by atoms with van der Waals surface area (Å²) in [7, 11) is -2.33. The molecule has 9 heteroatoms. The maximum Gasteiger partial charge on any atom is 0.256 e. The third-order valence-corrected chi connectivity index (χ3v) is 7.24. The van der Waals surface area contributed by atoms with E-state index in [2.05, 4.69) is 4.72 Å². The Balaban J connectivity index is 1.52. The highest BCUT2D eigenvalue weighted by molar-refractivity contribution is 7.89. The molecule has 0 unspecified atom stereocenters. The molecule has 1 atom stereocenters. The summed E-state index contributed by atoms with van der Waals surface area (Å²) < 4.78 is 28.4. The third-order valence-electron chi connectivity index (χ3n) is 5.72. The number of para-hydroxylation sites is 1. The van der Waals surface area contributed by atoms with E-state index in [-0.39, 0.29) is 36.2 Å². The number of benzene rings is 3. The molecular weight excluding hydrogens is 442 g/mol. The molecule has 0 saturated carbocycles. The fourth-order valence-corrected chi connectivity index (χ4v) is 5.23. The Hall–Kier alpha value is -3.27. The molecular formula is C24H25N3O5S. The predicted octanol–water partition coefficient (Wildman–Crippen LogP) is 1.99. The van der Waals surface area contributed by atoms with Crippen molar-refractivity contribution >= 4 is 38.3 Å². The maximum absolute atomic E-state index is 12.9. The van der Waals surface area contributed by atoms with Crippen molar-refractivity contribution in [2.75, 3.05) is 31.6 Å². The monoisotopic (exact) mass is 467 g/mol. The molecule has 0 bridgehead atoms. The molecule has 1 aliphatic rings. The van der Waals surface area contributed by atoms with Gasteiger partial charge in [-0.3, -0.25) is 9.59 Å². The van der Waals surface area contributed by atoms with Crippen LogP contribution in [0.25, 0.3) is 10.8 Å². The average molecular weight is 468 g/mol. The topological polar surface area (TPSA) is 107 Å². The van der Waals surface area contributed by atoms with Gasteiger partial charge in [0.2, 0.25) is 15.9 Å². The van der Waals surface area contributed by atoms with Crippen LogP contribution in [-0.4, -0.2) is 63.0 Å². The Kier molecular flexibility index (Phi) is 6.46. The lowest BCUT2D eigenvalue weighted by atomic mass is 10.1. The van der Waals surface area contributed by atoms with Gasteiger partial charge in [0.25, 0.3) is 5.91 Å². The fraction of sp³-hybridized carbons (Fsp3) is 0.250. The number of sulfonamides is 1. The molecule has 0 saturated heterocycles.